The van der Waals surface area contributed by atoms with E-state index in [1.807, 2.05) is 0 Å². The van der Waals surface area contributed by atoms with Crippen molar-refractivity contribution in [3.63, 3.8) is 0 Å². The van der Waals surface area contributed by atoms with Crippen LogP contribution < -0.4 is 20.7 Å². The Morgan fingerprint density at radius 2 is 1.88 bits per heavy atom. The van der Waals surface area contributed by atoms with Crippen molar-refractivity contribution in [2.75, 3.05) is 17.2 Å². The smallest absolute Gasteiger partial charge is 0.370 e. The Bertz CT molecular complexity index is 1860. The summed E-state index contributed by atoms with van der Waals surface area (Å²) < 4.78 is 1.47. The van der Waals surface area contributed by atoms with Gasteiger partial charge in [0.15, 0.2) is 29.6 Å². The van der Waals surface area contributed by atoms with Gasteiger partial charge < -0.3 is 46.2 Å². The summed E-state index contributed by atoms with van der Waals surface area (Å²) in [5.41, 5.74) is 5.57. The number of nitrogens with zero attached hydrogens (tertiary/aromatic N) is 3. The van der Waals surface area contributed by atoms with Gasteiger partial charge in [-0.1, -0.05) is 11.2 Å². The summed E-state index contributed by atoms with van der Waals surface area (Å²) in [5, 5.41) is 57.5. The fourth-order valence-electron chi connectivity index (χ4n) is 4.72. The molecule has 5 rings (SSSR count). The molecule has 3 atom stereocenters. The third-order valence-electron chi connectivity index (χ3n) is 7.00. The molecule has 1 fully saturated rings. The molecular formula is C29H25N5O11S3. The lowest BCUT2D eigenvalue weighted by atomic mass is 10.0. The average molecular weight is 716 g/mol. The van der Waals surface area contributed by atoms with Gasteiger partial charge in [-0.2, -0.15) is 4.57 Å². The number of anilines is 1. The number of aromatic nitrogens is 1. The van der Waals surface area contributed by atoms with Crippen molar-refractivity contribution in [2.24, 2.45) is 5.16 Å². The van der Waals surface area contributed by atoms with Crippen molar-refractivity contribution >= 4 is 75.3 Å². The fraction of sp³-hybridized carbons (Fsp3) is 0.207. The Morgan fingerprint density at radius 1 is 1.15 bits per heavy atom. The minimum absolute atomic E-state index is 0.0980. The van der Waals surface area contributed by atoms with E-state index < -0.39 is 64.5 Å². The molecule has 1 saturated heterocycles. The van der Waals surface area contributed by atoms with E-state index in [1.54, 1.807) is 24.5 Å². The predicted molar refractivity (Wildman–Crippen MR) is 169 cm³/mol. The first-order valence-corrected chi connectivity index (χ1v) is 16.6. The molecule has 0 aliphatic carbocycles. The highest BCUT2D eigenvalue weighted by molar-refractivity contribution is 8.01. The lowest BCUT2D eigenvalue weighted by Crippen LogP contribution is -2.71. The number of amides is 2. The Hall–Kier alpha value is -5.27. The number of phenolic OH excluding ortho intramolecular Hbond substituents is 2. The van der Waals surface area contributed by atoms with Crippen LogP contribution in [0.25, 0.3) is 0 Å². The minimum Gasteiger partial charge on any atom is -0.543 e. The highest BCUT2D eigenvalue weighted by Crippen LogP contribution is 2.41. The highest BCUT2D eigenvalue weighted by atomic mass is 32.2. The van der Waals surface area contributed by atoms with Gasteiger partial charge in [0.2, 0.25) is 12.6 Å². The number of carboxylic acids is 3. The lowest BCUT2D eigenvalue weighted by molar-refractivity contribution is -0.686. The lowest BCUT2D eigenvalue weighted by Gasteiger charge is -2.50. The molecule has 16 nitrogen and oxygen atoms in total. The summed E-state index contributed by atoms with van der Waals surface area (Å²) in [4.78, 5) is 68.8. The number of fused-ring (bicyclic) bond motifs is 1. The molecule has 19 heteroatoms. The first kappa shape index (κ1) is 34.1. The van der Waals surface area contributed by atoms with Crippen LogP contribution in [0.2, 0.25) is 0 Å². The molecule has 48 heavy (non-hydrogen) atoms. The third kappa shape index (κ3) is 7.32. The number of β-lactam (4-membered cyclic amide) rings is 1. The summed E-state index contributed by atoms with van der Waals surface area (Å²) in [5.74, 6) is -6.45. The van der Waals surface area contributed by atoms with Crippen molar-refractivity contribution in [3.05, 3.63) is 76.6 Å². The van der Waals surface area contributed by atoms with Crippen LogP contribution in [0.15, 0.2) is 75.5 Å². The van der Waals surface area contributed by atoms with Gasteiger partial charge in [0.1, 0.15) is 11.4 Å². The van der Waals surface area contributed by atoms with E-state index in [1.165, 1.54) is 45.6 Å². The van der Waals surface area contributed by atoms with Crippen molar-refractivity contribution in [1.29, 1.82) is 0 Å². The minimum atomic E-state index is -1.81. The van der Waals surface area contributed by atoms with E-state index in [0.29, 0.717) is 10.6 Å². The number of pyridine rings is 1. The zero-order valence-electron chi connectivity index (χ0n) is 24.3. The molecule has 2 aliphatic heterocycles. The van der Waals surface area contributed by atoms with Gasteiger partial charge in [-0.15, -0.1) is 34.9 Å². The number of thiophene rings is 1. The second-order valence-corrected chi connectivity index (χ2v) is 13.3. The Labute approximate surface area is 283 Å². The number of aliphatic carboxylic acids is 3. The number of phenols is 2. The van der Waals surface area contributed by atoms with Gasteiger partial charge in [0.05, 0.1) is 16.7 Å². The van der Waals surface area contributed by atoms with Crippen molar-refractivity contribution in [2.45, 2.75) is 29.0 Å². The molecule has 3 aromatic rings. The maximum absolute atomic E-state index is 13.5. The standard InChI is InChI=1S/C29H25N5O11S3/c30-19-8-14(10-47-19)21(32-45-24(29(43)44)13-1-2-17(35)18(36)7-13)25(39)31-22-26(40)34-23(28(41)42)15(12-48-27(22)34)11-46-16-3-5-33(6-4-16)9-20(37)38/h1-8,10,22,24,27H,9,11-12,30H2,(H5-,31,32,35,36,37,38,39,41,42,43,44). The van der Waals surface area contributed by atoms with Gasteiger partial charge in [-0.3, -0.25) is 14.5 Å². The summed E-state index contributed by atoms with van der Waals surface area (Å²) >= 11 is 3.57. The number of nitrogens with two attached hydrogens (primary N) is 1. The third-order valence-corrected chi connectivity index (χ3v) is 10.2. The number of benzene rings is 1. The molecule has 250 valence electrons. The molecule has 0 bridgehead atoms. The van der Waals surface area contributed by atoms with Crippen LogP contribution in [0.1, 0.15) is 17.2 Å². The van der Waals surface area contributed by atoms with Crippen LogP contribution >= 0.6 is 34.9 Å². The van der Waals surface area contributed by atoms with Crippen molar-refractivity contribution < 1.29 is 58.9 Å². The van der Waals surface area contributed by atoms with E-state index in [9.17, 15) is 44.4 Å². The molecule has 0 radical (unpaired) electrons. The van der Waals surface area contributed by atoms with Crippen LogP contribution in [0.3, 0.4) is 0 Å². The van der Waals surface area contributed by atoms with Gasteiger partial charge in [0.25, 0.3) is 11.8 Å². The van der Waals surface area contributed by atoms with E-state index >= 15 is 0 Å². The molecule has 4 heterocycles. The summed E-state index contributed by atoms with van der Waals surface area (Å²) in [6.45, 7) is -0.215. The van der Waals surface area contributed by atoms with Crippen LogP contribution in [-0.4, -0.2) is 83.7 Å². The number of nitrogens with one attached hydrogen (secondary N) is 1. The number of carboxylic acid groups (broad SMARTS) is 3. The molecule has 0 saturated carbocycles. The highest BCUT2D eigenvalue weighted by Gasteiger charge is 2.53. The number of aromatic hydroxyl groups is 2. The summed E-state index contributed by atoms with van der Waals surface area (Å²) in [6.07, 6.45) is 1.35. The first-order valence-electron chi connectivity index (χ1n) is 13.7. The fourth-order valence-corrected chi connectivity index (χ4v) is 7.73. The number of hydrogen-bond donors (Lipinski definition) is 6. The Balaban J connectivity index is 1.32. The van der Waals surface area contributed by atoms with Gasteiger partial charge in [-0.25, -0.2) is 9.59 Å². The molecule has 1 aromatic carbocycles. The second-order valence-electron chi connectivity index (χ2n) is 10.2. The molecule has 2 aromatic heterocycles. The van der Waals surface area contributed by atoms with E-state index in [2.05, 4.69) is 10.5 Å². The monoisotopic (exact) mass is 715 g/mol. The summed E-state index contributed by atoms with van der Waals surface area (Å²) in [7, 11) is 0. The Morgan fingerprint density at radius 3 is 2.48 bits per heavy atom. The molecule has 2 aliphatic rings. The van der Waals surface area contributed by atoms with Gasteiger partial charge in [0, 0.05) is 45.0 Å². The predicted octanol–water partition coefficient (Wildman–Crippen LogP) is -0.144. The second kappa shape index (κ2) is 14.2. The topological polar surface area (TPSA) is 256 Å². The number of thioether (sulfide) groups is 2. The van der Waals surface area contributed by atoms with E-state index in [0.717, 1.165) is 33.3 Å². The SMILES string of the molecule is Nc1cc(/C(=N/OC(C(=O)O)c2ccc(O)c(O)c2)C(=O)NC2C(=O)N3C(C(=O)[O-])=C(CSc4cc[n+](CC(=O)O)cc4)CSC23)cs1. The average Bonchev–Trinajstić information content (AvgIpc) is 3.47. The molecule has 2 amide bonds. The maximum Gasteiger partial charge on any atom is 0.370 e. The maximum atomic E-state index is 13.5. The largest absolute Gasteiger partial charge is 0.543 e. The zero-order valence-corrected chi connectivity index (χ0v) is 26.8. The molecule has 7 N–H and O–H groups in total. The first-order chi connectivity index (χ1) is 22.8. The van der Waals surface area contributed by atoms with Gasteiger partial charge >= 0.3 is 11.9 Å². The summed E-state index contributed by atoms with van der Waals surface area (Å²) in [6, 6.07) is 6.77. The van der Waals surface area contributed by atoms with E-state index in [-0.39, 0.29) is 34.9 Å². The van der Waals surface area contributed by atoms with Crippen molar-refractivity contribution in [1.82, 2.24) is 10.2 Å². The Kier molecular flexibility index (Phi) is 10.1. The van der Waals surface area contributed by atoms with Crippen LogP contribution in [0.4, 0.5) is 5.00 Å². The number of carbonyl (C=O) groups is 5. The molecule has 3 unspecified atom stereocenters. The van der Waals surface area contributed by atoms with Crippen LogP contribution in [-0.2, 0) is 35.4 Å². The number of rotatable bonds is 13. The normalized spacial score (nSPS) is 18.0. The van der Waals surface area contributed by atoms with Crippen LogP contribution in [0, 0.1) is 0 Å². The number of nitrogen functional groups attached to an aromatic ring is 1. The van der Waals surface area contributed by atoms with Crippen molar-refractivity contribution in [3.8, 4) is 11.5 Å². The van der Waals surface area contributed by atoms with E-state index in [4.69, 9.17) is 15.7 Å². The number of hydrogen-bond acceptors (Lipinski definition) is 14. The quantitative estimate of drug-likeness (QED) is 0.0336. The van der Waals surface area contributed by atoms with Gasteiger partial charge in [-0.05, 0) is 23.8 Å². The zero-order chi connectivity index (χ0) is 34.7. The number of oxime groups is 1. The number of carbonyl (C=O) groups excluding carboxylic acids is 3. The molecule has 0 spiro atoms. The molecular weight excluding hydrogens is 691 g/mol. The van der Waals surface area contributed by atoms with Crippen LogP contribution in [0.5, 0.6) is 11.5 Å².